The molecule has 15 nitrogen and oxygen atoms in total. The molecule has 0 bridgehead atoms. The predicted molar refractivity (Wildman–Crippen MR) is 258 cm³/mol. The second-order valence-electron chi connectivity index (χ2n) is 22.2. The van der Waals surface area contributed by atoms with Crippen LogP contribution in [0.3, 0.4) is 0 Å². The standard InChI is InChI=1S/C24H32ClN3O4.C18H24ClN3O2.C6H10O3.CH4.H2/c1-22(2,3)15-9-18(25)26-16-10-17(32-19(15)16)21(30)28-8-7-27(13-23(28,4)5)20(29)14-11-24(6,31)12-14;1-17(2,3)11-8-14(19)21-12-9-13(24-15(11)12)16(23)22-7-6-20-10-18(22,4)5;1-6(9)2-4(3-6)5(7)8;;/h9-10,14,31H,7-8,11-13H2,1-6H3;8-9,20H,6-7,10H2,1-5H3;4,9H,2-3H2,1H3,(H,7,8);1H4;1H. The highest BCUT2D eigenvalue weighted by atomic mass is 35.5. The number of piperazine rings is 2. The molecule has 0 atom stereocenters. The van der Waals surface area contributed by atoms with Crippen LogP contribution in [0.25, 0.3) is 22.2 Å². The van der Waals surface area contributed by atoms with Gasteiger partial charge in [0.05, 0.1) is 28.2 Å². The van der Waals surface area contributed by atoms with E-state index in [2.05, 4.69) is 70.7 Å². The number of carboxylic acid groups (broad SMARTS) is 1. The number of carbonyl (C=O) groups is 4. The summed E-state index contributed by atoms with van der Waals surface area (Å²) < 4.78 is 12.0. The molecule has 3 amide bonds. The minimum absolute atomic E-state index is 0. The number of aliphatic hydroxyl groups is 2. The fourth-order valence-electron chi connectivity index (χ4n) is 9.26. The van der Waals surface area contributed by atoms with E-state index < -0.39 is 22.7 Å². The van der Waals surface area contributed by atoms with Crippen molar-refractivity contribution in [1.82, 2.24) is 30.0 Å². The molecule has 0 radical (unpaired) electrons. The summed E-state index contributed by atoms with van der Waals surface area (Å²) in [6.07, 6.45) is 1.80. The van der Waals surface area contributed by atoms with Gasteiger partial charge in [0.15, 0.2) is 22.7 Å². The second-order valence-corrected chi connectivity index (χ2v) is 22.9. The van der Waals surface area contributed by atoms with Crippen molar-refractivity contribution < 1.29 is 44.8 Å². The van der Waals surface area contributed by atoms with E-state index in [4.69, 9.17) is 42.2 Å². The smallest absolute Gasteiger partial charge is 0.306 e. The lowest BCUT2D eigenvalue weighted by atomic mass is 9.71. The Hall–Kier alpha value is -4.28. The molecule has 2 aliphatic heterocycles. The largest absolute Gasteiger partial charge is 0.481 e. The van der Waals surface area contributed by atoms with Crippen LogP contribution >= 0.6 is 23.2 Å². The van der Waals surface area contributed by atoms with Gasteiger partial charge in [-0.05, 0) is 90.2 Å². The molecule has 2 saturated heterocycles. The minimum Gasteiger partial charge on any atom is -0.481 e. The highest BCUT2D eigenvalue weighted by molar-refractivity contribution is 6.30. The van der Waals surface area contributed by atoms with Crippen LogP contribution in [0.4, 0.5) is 0 Å². The second kappa shape index (κ2) is 18.7. The first-order valence-corrected chi connectivity index (χ1v) is 23.1. The molecule has 4 fully saturated rings. The van der Waals surface area contributed by atoms with Gasteiger partial charge in [-0.3, -0.25) is 19.2 Å². The van der Waals surface area contributed by atoms with E-state index in [1.165, 1.54) is 0 Å². The lowest BCUT2D eigenvalue weighted by molar-refractivity contribution is -0.156. The van der Waals surface area contributed by atoms with Crippen LogP contribution < -0.4 is 5.32 Å². The summed E-state index contributed by atoms with van der Waals surface area (Å²) in [6, 6.07) is 6.96. The maximum absolute atomic E-state index is 13.4. The normalized spacial score (nSPS) is 24.8. The number of rotatable bonds is 4. The van der Waals surface area contributed by atoms with Gasteiger partial charge in [0.25, 0.3) is 11.8 Å². The van der Waals surface area contributed by atoms with E-state index in [9.17, 15) is 24.3 Å². The minimum atomic E-state index is -0.790. The zero-order valence-corrected chi connectivity index (χ0v) is 41.3. The number of hydrogen-bond acceptors (Lipinski definition) is 11. The van der Waals surface area contributed by atoms with E-state index in [0.29, 0.717) is 90.1 Å². The fraction of sp³-hybridized carbons (Fsp3) is 0.633. The van der Waals surface area contributed by atoms with Crippen molar-refractivity contribution >= 4 is 69.1 Å². The van der Waals surface area contributed by atoms with Crippen LogP contribution in [-0.2, 0) is 20.4 Å². The third kappa shape index (κ3) is 11.5. The molecule has 4 aliphatic rings. The van der Waals surface area contributed by atoms with Gasteiger partial charge < -0.3 is 44.2 Å². The van der Waals surface area contributed by atoms with E-state index in [1.807, 2.05) is 29.7 Å². The lowest BCUT2D eigenvalue weighted by Gasteiger charge is -2.49. The van der Waals surface area contributed by atoms with Crippen molar-refractivity contribution in [1.29, 1.82) is 0 Å². The van der Waals surface area contributed by atoms with Crippen LogP contribution in [-0.4, -0.2) is 125 Å². The number of nitrogens with zero attached hydrogens (tertiary/aromatic N) is 5. The maximum Gasteiger partial charge on any atom is 0.306 e. The predicted octanol–water partition coefficient (Wildman–Crippen LogP) is 8.72. The Kier molecular flexibility index (Phi) is 14.9. The summed E-state index contributed by atoms with van der Waals surface area (Å²) in [5.74, 6) is -0.942. The Morgan fingerprint density at radius 3 is 1.48 bits per heavy atom. The molecule has 17 heteroatoms. The maximum atomic E-state index is 13.4. The number of fused-ring (bicyclic) bond motifs is 2. The highest BCUT2D eigenvalue weighted by Crippen LogP contribution is 2.40. The van der Waals surface area contributed by atoms with E-state index in [-0.39, 0.29) is 60.5 Å². The summed E-state index contributed by atoms with van der Waals surface area (Å²) >= 11 is 12.4. The number of pyridine rings is 2. The zero-order valence-electron chi connectivity index (χ0n) is 39.8. The van der Waals surface area contributed by atoms with Crippen molar-refractivity contribution in [3.63, 3.8) is 0 Å². The van der Waals surface area contributed by atoms with Gasteiger partial charge in [-0.15, -0.1) is 0 Å². The third-order valence-electron chi connectivity index (χ3n) is 12.9. The van der Waals surface area contributed by atoms with Gasteiger partial charge in [-0.1, -0.05) is 72.2 Å². The van der Waals surface area contributed by atoms with Gasteiger partial charge in [0.1, 0.15) is 21.3 Å². The summed E-state index contributed by atoms with van der Waals surface area (Å²) in [5.41, 5.74) is 1.63. The monoisotopic (exact) mass is 958 g/mol. The Bertz CT molecular complexity index is 2470. The molecule has 4 aromatic rings. The Morgan fingerprint density at radius 2 is 1.12 bits per heavy atom. The van der Waals surface area contributed by atoms with Crippen LogP contribution in [0.2, 0.25) is 10.3 Å². The van der Waals surface area contributed by atoms with Crippen molar-refractivity contribution in [3.8, 4) is 0 Å². The average molecular weight is 960 g/mol. The fourth-order valence-corrected chi connectivity index (χ4v) is 9.66. The number of carboxylic acids is 1. The molecule has 66 heavy (non-hydrogen) atoms. The van der Waals surface area contributed by atoms with Crippen LogP contribution in [0, 0.1) is 11.8 Å². The van der Waals surface area contributed by atoms with Crippen LogP contribution in [0.1, 0.15) is 150 Å². The number of carbonyl (C=O) groups excluding carboxylic acids is 3. The molecule has 4 N–H and O–H groups in total. The zero-order chi connectivity index (χ0) is 48.4. The average Bonchev–Trinajstić information content (AvgIpc) is 3.78. The quantitative estimate of drug-likeness (QED) is 0.142. The van der Waals surface area contributed by atoms with Gasteiger partial charge in [0, 0.05) is 69.9 Å². The Labute approximate surface area is 400 Å². The first-order chi connectivity index (χ1) is 29.8. The molecule has 2 saturated carbocycles. The Morgan fingerprint density at radius 1 is 0.697 bits per heavy atom. The van der Waals surface area contributed by atoms with Crippen LogP contribution in [0.15, 0.2) is 33.1 Å². The number of amides is 3. The number of furan rings is 2. The van der Waals surface area contributed by atoms with Crippen molar-refractivity contribution in [2.45, 2.75) is 149 Å². The topological polar surface area (TPSA) is 203 Å². The van der Waals surface area contributed by atoms with Crippen molar-refractivity contribution in [2.24, 2.45) is 11.8 Å². The molecule has 6 heterocycles. The van der Waals surface area contributed by atoms with E-state index >= 15 is 0 Å². The number of halogens is 2. The van der Waals surface area contributed by atoms with Crippen LogP contribution in [0.5, 0.6) is 0 Å². The van der Waals surface area contributed by atoms with Crippen molar-refractivity contribution in [3.05, 3.63) is 57.2 Å². The van der Waals surface area contributed by atoms with Gasteiger partial charge in [-0.2, -0.15) is 0 Å². The molecule has 2 aliphatic carbocycles. The summed E-state index contributed by atoms with van der Waals surface area (Å²) in [4.78, 5) is 63.5. The number of nitrogens with one attached hydrogen (secondary N) is 1. The number of aliphatic carboxylic acids is 1. The molecule has 8 rings (SSSR count). The molecule has 366 valence electrons. The lowest BCUT2D eigenvalue weighted by Crippen LogP contribution is -2.63. The van der Waals surface area contributed by atoms with Gasteiger partial charge >= 0.3 is 5.97 Å². The molecular weight excluding hydrogens is 887 g/mol. The van der Waals surface area contributed by atoms with Gasteiger partial charge in [-0.25, -0.2) is 9.97 Å². The molecule has 4 aromatic heterocycles. The number of hydrogen-bond donors (Lipinski definition) is 4. The molecule has 0 spiro atoms. The van der Waals surface area contributed by atoms with E-state index in [0.717, 1.165) is 24.2 Å². The first-order valence-electron chi connectivity index (χ1n) is 22.3. The Balaban J connectivity index is 0.000000246. The van der Waals surface area contributed by atoms with Crippen molar-refractivity contribution in [2.75, 3.05) is 39.3 Å². The molecule has 0 aromatic carbocycles. The third-order valence-corrected chi connectivity index (χ3v) is 13.3. The highest BCUT2D eigenvalue weighted by Gasteiger charge is 2.47. The summed E-state index contributed by atoms with van der Waals surface area (Å²) in [7, 11) is 0. The first kappa shape index (κ1) is 52.7. The van der Waals surface area contributed by atoms with Gasteiger partial charge in [0.2, 0.25) is 5.91 Å². The number of aromatic nitrogens is 2. The molecular formula is C49H72Cl2N6O9. The SMILES string of the molecule is C.CC(C)(C)c1cc(Cl)nc2cc(C(=O)N3CCNCC3(C)C)oc12.CC1(O)CC(C(=O)N2CCN(C(=O)c3cc4nc(Cl)cc(C(C)(C)C)c4o3)C(C)(C)C2)C1.CC1(O)CC(C(=O)O)C1.[HH]. The van der Waals surface area contributed by atoms with E-state index in [1.54, 1.807) is 36.9 Å². The molecule has 0 unspecified atom stereocenters. The summed E-state index contributed by atoms with van der Waals surface area (Å²) in [6.45, 7) is 27.4. The summed E-state index contributed by atoms with van der Waals surface area (Å²) in [5, 5.41) is 31.5.